The molecule has 2 amide bonds. The van der Waals surface area contributed by atoms with Gasteiger partial charge in [-0.1, -0.05) is 0 Å². The fourth-order valence-corrected chi connectivity index (χ4v) is 3.57. The number of nitrogens with zero attached hydrogens (tertiary/aromatic N) is 4. The Morgan fingerprint density at radius 1 is 1.03 bits per heavy atom. The van der Waals surface area contributed by atoms with Crippen molar-refractivity contribution in [2.75, 3.05) is 25.0 Å². The summed E-state index contributed by atoms with van der Waals surface area (Å²) in [5.74, 6) is -0.471. The summed E-state index contributed by atoms with van der Waals surface area (Å²) in [5, 5.41) is 17.3. The Kier molecular flexibility index (Phi) is 6.86. The summed E-state index contributed by atoms with van der Waals surface area (Å²) in [6.45, 7) is 1.35. The summed E-state index contributed by atoms with van der Waals surface area (Å²) in [6, 6.07) is 11.0. The van der Waals surface area contributed by atoms with Crippen LogP contribution in [0.15, 0.2) is 61.2 Å². The standard InChI is InChI=1S/C20H23N7O2.ClH/c28-18(25-16-3-5-17(6-4-16)26-13-1-9-23-26)15-22-19(29)20(7-11-21-12-8-20)27-14-2-10-24-27;/h1-6,9-10,13-14,21H,7-8,11-12,15H2,(H,22,29)(H,25,28);1H. The minimum atomic E-state index is -0.763. The summed E-state index contributed by atoms with van der Waals surface area (Å²) in [4.78, 5) is 25.3. The maximum Gasteiger partial charge on any atom is 0.248 e. The molecule has 3 aromatic rings. The molecule has 1 aromatic carbocycles. The lowest BCUT2D eigenvalue weighted by Gasteiger charge is -2.36. The van der Waals surface area contributed by atoms with Crippen molar-refractivity contribution in [3.05, 3.63) is 61.2 Å². The van der Waals surface area contributed by atoms with Crippen molar-refractivity contribution in [1.29, 1.82) is 0 Å². The summed E-state index contributed by atoms with van der Waals surface area (Å²) in [6.07, 6.45) is 8.26. The van der Waals surface area contributed by atoms with Crippen LogP contribution in [-0.4, -0.2) is 51.0 Å². The number of hydrogen-bond donors (Lipinski definition) is 3. The molecule has 0 unspecified atom stereocenters. The highest BCUT2D eigenvalue weighted by Gasteiger charge is 2.41. The molecule has 9 nitrogen and oxygen atoms in total. The number of nitrogens with one attached hydrogen (secondary N) is 3. The van der Waals surface area contributed by atoms with Crippen LogP contribution in [0.5, 0.6) is 0 Å². The van der Waals surface area contributed by atoms with Crippen LogP contribution in [0.1, 0.15) is 12.8 Å². The quantitative estimate of drug-likeness (QED) is 0.548. The number of aromatic nitrogens is 4. The molecule has 4 rings (SSSR count). The molecule has 158 valence electrons. The number of anilines is 1. The number of carbonyl (C=O) groups excluding carboxylic acids is 2. The molecule has 1 aliphatic rings. The van der Waals surface area contributed by atoms with E-state index in [-0.39, 0.29) is 30.8 Å². The monoisotopic (exact) mass is 429 g/mol. The molecule has 1 fully saturated rings. The first kappa shape index (κ1) is 21.5. The van der Waals surface area contributed by atoms with Gasteiger partial charge in [0.2, 0.25) is 11.8 Å². The third kappa shape index (κ3) is 4.52. The predicted octanol–water partition coefficient (Wildman–Crippen LogP) is 1.32. The van der Waals surface area contributed by atoms with Crippen LogP contribution in [-0.2, 0) is 15.1 Å². The van der Waals surface area contributed by atoms with E-state index < -0.39 is 5.54 Å². The van der Waals surface area contributed by atoms with Crippen molar-refractivity contribution in [2.45, 2.75) is 18.4 Å². The minimum absolute atomic E-state index is 0. The molecular weight excluding hydrogens is 406 g/mol. The molecule has 0 aliphatic carbocycles. The van der Waals surface area contributed by atoms with E-state index in [2.05, 4.69) is 26.1 Å². The fraction of sp³-hybridized carbons (Fsp3) is 0.300. The Morgan fingerprint density at radius 3 is 2.37 bits per heavy atom. The highest BCUT2D eigenvalue weighted by atomic mass is 35.5. The minimum Gasteiger partial charge on any atom is -0.345 e. The lowest BCUT2D eigenvalue weighted by Crippen LogP contribution is -2.55. The molecule has 30 heavy (non-hydrogen) atoms. The van der Waals surface area contributed by atoms with Gasteiger partial charge in [0.05, 0.1) is 12.2 Å². The first-order valence-electron chi connectivity index (χ1n) is 9.56. The second kappa shape index (κ2) is 9.55. The topological polar surface area (TPSA) is 106 Å². The van der Waals surface area contributed by atoms with Crippen LogP contribution in [0.4, 0.5) is 5.69 Å². The Bertz CT molecular complexity index is 950. The van der Waals surface area contributed by atoms with Crippen LogP contribution < -0.4 is 16.0 Å². The van der Waals surface area contributed by atoms with Crippen molar-refractivity contribution >= 4 is 29.9 Å². The number of hydrogen-bond acceptors (Lipinski definition) is 5. The summed E-state index contributed by atoms with van der Waals surface area (Å²) >= 11 is 0. The van der Waals surface area contributed by atoms with E-state index in [4.69, 9.17) is 0 Å². The van der Waals surface area contributed by atoms with Crippen molar-refractivity contribution in [1.82, 2.24) is 30.2 Å². The van der Waals surface area contributed by atoms with Gasteiger partial charge in [-0.05, 0) is 62.3 Å². The van der Waals surface area contributed by atoms with Gasteiger partial charge in [0.25, 0.3) is 0 Å². The Balaban J connectivity index is 0.00000256. The average Bonchev–Trinajstić information content (AvgIpc) is 3.47. The number of halogens is 1. The largest absolute Gasteiger partial charge is 0.345 e. The molecule has 1 saturated heterocycles. The lowest BCUT2D eigenvalue weighted by molar-refractivity contribution is -0.133. The van der Waals surface area contributed by atoms with Gasteiger partial charge in [-0.2, -0.15) is 10.2 Å². The summed E-state index contributed by atoms with van der Waals surface area (Å²) in [7, 11) is 0. The third-order valence-corrected chi connectivity index (χ3v) is 5.13. The van der Waals surface area contributed by atoms with Gasteiger partial charge in [0.1, 0.15) is 5.54 Å². The van der Waals surface area contributed by atoms with Crippen LogP contribution in [0.2, 0.25) is 0 Å². The molecule has 0 saturated carbocycles. The van der Waals surface area contributed by atoms with Gasteiger partial charge in [0, 0.05) is 30.5 Å². The smallest absolute Gasteiger partial charge is 0.248 e. The molecule has 10 heteroatoms. The molecule has 0 radical (unpaired) electrons. The fourth-order valence-electron chi connectivity index (χ4n) is 3.57. The summed E-state index contributed by atoms with van der Waals surface area (Å²) < 4.78 is 3.44. The van der Waals surface area contributed by atoms with Gasteiger partial charge in [-0.15, -0.1) is 12.4 Å². The third-order valence-electron chi connectivity index (χ3n) is 5.13. The first-order valence-corrected chi connectivity index (χ1v) is 9.56. The van der Waals surface area contributed by atoms with Crippen molar-refractivity contribution in [3.8, 4) is 5.69 Å². The number of benzene rings is 1. The SMILES string of the molecule is Cl.O=C(CNC(=O)C1(n2cccn2)CCNCC1)Nc1ccc(-n2cccn2)cc1. The van der Waals surface area contributed by atoms with Gasteiger partial charge in [0.15, 0.2) is 0 Å². The summed E-state index contributed by atoms with van der Waals surface area (Å²) in [5.41, 5.74) is 0.789. The molecular formula is C20H24ClN7O2. The van der Waals surface area contributed by atoms with E-state index >= 15 is 0 Å². The molecule has 3 N–H and O–H groups in total. The second-order valence-electron chi connectivity index (χ2n) is 6.96. The van der Waals surface area contributed by atoms with Gasteiger partial charge in [-0.3, -0.25) is 14.3 Å². The Labute approximate surface area is 180 Å². The van der Waals surface area contributed by atoms with E-state index in [0.717, 1.165) is 18.8 Å². The zero-order valence-corrected chi connectivity index (χ0v) is 17.1. The molecule has 3 heterocycles. The number of rotatable bonds is 6. The predicted molar refractivity (Wildman–Crippen MR) is 115 cm³/mol. The normalized spacial score (nSPS) is 15.1. The van der Waals surface area contributed by atoms with Crippen LogP contribution in [0.3, 0.4) is 0 Å². The van der Waals surface area contributed by atoms with E-state index in [1.54, 1.807) is 46.2 Å². The van der Waals surface area contributed by atoms with E-state index in [1.165, 1.54) is 0 Å². The average molecular weight is 430 g/mol. The first-order chi connectivity index (χ1) is 14.2. The highest BCUT2D eigenvalue weighted by molar-refractivity contribution is 5.95. The zero-order valence-electron chi connectivity index (χ0n) is 16.3. The molecule has 1 aliphatic heterocycles. The van der Waals surface area contributed by atoms with Crippen LogP contribution in [0, 0.1) is 0 Å². The number of carbonyl (C=O) groups is 2. The lowest BCUT2D eigenvalue weighted by atomic mass is 9.87. The van der Waals surface area contributed by atoms with E-state index in [0.29, 0.717) is 18.5 Å². The van der Waals surface area contributed by atoms with Gasteiger partial charge < -0.3 is 16.0 Å². The van der Waals surface area contributed by atoms with Crippen LogP contribution >= 0.6 is 12.4 Å². The highest BCUT2D eigenvalue weighted by Crippen LogP contribution is 2.27. The van der Waals surface area contributed by atoms with Crippen LogP contribution in [0.25, 0.3) is 5.69 Å². The van der Waals surface area contributed by atoms with Gasteiger partial charge >= 0.3 is 0 Å². The van der Waals surface area contributed by atoms with Crippen molar-refractivity contribution < 1.29 is 9.59 Å². The molecule has 0 bridgehead atoms. The maximum atomic E-state index is 13.0. The van der Waals surface area contributed by atoms with Crippen molar-refractivity contribution in [3.63, 3.8) is 0 Å². The molecule has 0 atom stereocenters. The zero-order chi connectivity index (χ0) is 20.1. The number of piperidine rings is 1. The Morgan fingerprint density at radius 2 is 1.73 bits per heavy atom. The van der Waals surface area contributed by atoms with E-state index in [9.17, 15) is 9.59 Å². The van der Waals surface area contributed by atoms with Gasteiger partial charge in [-0.25, -0.2) is 4.68 Å². The molecule has 0 spiro atoms. The Hall–Kier alpha value is -3.17. The maximum absolute atomic E-state index is 13.0. The van der Waals surface area contributed by atoms with Crippen molar-refractivity contribution in [2.24, 2.45) is 0 Å². The second-order valence-corrected chi connectivity index (χ2v) is 6.96. The molecule has 2 aromatic heterocycles. The number of amides is 2. The van der Waals surface area contributed by atoms with E-state index in [1.807, 2.05) is 24.4 Å².